The molecule has 0 saturated carbocycles. The summed E-state index contributed by atoms with van der Waals surface area (Å²) in [5, 5.41) is 5.87. The number of nitrogens with zero attached hydrogens (tertiary/aromatic N) is 2. The van der Waals surface area contributed by atoms with E-state index in [4.69, 9.17) is 5.73 Å². The van der Waals surface area contributed by atoms with Gasteiger partial charge in [-0.3, -0.25) is 14.6 Å². The van der Waals surface area contributed by atoms with Crippen LogP contribution in [0.1, 0.15) is 29.6 Å². The zero-order valence-corrected chi connectivity index (χ0v) is 17.7. The van der Waals surface area contributed by atoms with Crippen LogP contribution < -0.4 is 16.4 Å². The second-order valence-electron chi connectivity index (χ2n) is 6.33. The van der Waals surface area contributed by atoms with Crippen LogP contribution in [0.5, 0.6) is 0 Å². The van der Waals surface area contributed by atoms with E-state index in [0.29, 0.717) is 19.5 Å². The lowest BCUT2D eigenvalue weighted by molar-refractivity contribution is -0.119. The maximum Gasteiger partial charge on any atom is 0.254 e. The van der Waals surface area contributed by atoms with Crippen molar-refractivity contribution >= 4 is 41.8 Å². The van der Waals surface area contributed by atoms with Crippen LogP contribution in [0.2, 0.25) is 0 Å². The quantitative estimate of drug-likeness (QED) is 0.242. The molecule has 2 amide bonds. The molecule has 1 fully saturated rings. The molecule has 0 aromatic heterocycles. The predicted octanol–water partition coefficient (Wildman–Crippen LogP) is 1.34. The van der Waals surface area contributed by atoms with E-state index in [9.17, 15) is 14.0 Å². The second kappa shape index (κ2) is 11.7. The summed E-state index contributed by atoms with van der Waals surface area (Å²) in [5.74, 6) is -0.308. The minimum absolute atomic E-state index is 0. The number of amides is 2. The van der Waals surface area contributed by atoms with Gasteiger partial charge >= 0.3 is 0 Å². The van der Waals surface area contributed by atoms with Gasteiger partial charge in [0.05, 0.1) is 5.56 Å². The minimum atomic E-state index is -0.539. The Bertz CT molecular complexity index is 671. The van der Waals surface area contributed by atoms with Crippen molar-refractivity contribution < 1.29 is 14.0 Å². The topological polar surface area (TPSA) is 99.8 Å². The van der Waals surface area contributed by atoms with Crippen LogP contribution in [0.4, 0.5) is 4.39 Å². The molecule has 1 aromatic rings. The fraction of sp³-hybridized carbons (Fsp3) is 0.500. The molecule has 1 heterocycles. The van der Waals surface area contributed by atoms with Crippen molar-refractivity contribution in [3.63, 3.8) is 0 Å². The summed E-state index contributed by atoms with van der Waals surface area (Å²) in [6.45, 7) is 2.38. The van der Waals surface area contributed by atoms with Crippen molar-refractivity contribution in [1.82, 2.24) is 15.5 Å². The van der Waals surface area contributed by atoms with E-state index in [1.807, 2.05) is 0 Å². The Labute approximate surface area is 176 Å². The second-order valence-corrected chi connectivity index (χ2v) is 6.33. The first kappa shape index (κ1) is 23.1. The first-order chi connectivity index (χ1) is 12.5. The molecule has 4 N–H and O–H groups in total. The van der Waals surface area contributed by atoms with Crippen molar-refractivity contribution in [2.75, 3.05) is 33.2 Å². The highest BCUT2D eigenvalue weighted by Crippen LogP contribution is 2.19. The first-order valence-electron chi connectivity index (χ1n) is 8.78. The highest BCUT2D eigenvalue weighted by atomic mass is 127. The minimum Gasteiger partial charge on any atom is -0.370 e. The van der Waals surface area contributed by atoms with Crippen LogP contribution in [0.15, 0.2) is 29.3 Å². The molecule has 0 radical (unpaired) electrons. The number of benzene rings is 1. The average Bonchev–Trinajstić information content (AvgIpc) is 2.61. The maximum absolute atomic E-state index is 13.6. The van der Waals surface area contributed by atoms with Crippen molar-refractivity contribution in [2.45, 2.75) is 19.3 Å². The van der Waals surface area contributed by atoms with Gasteiger partial charge in [-0.1, -0.05) is 12.1 Å². The summed E-state index contributed by atoms with van der Waals surface area (Å²) in [4.78, 5) is 29.4. The molecule has 9 heteroatoms. The fourth-order valence-electron chi connectivity index (χ4n) is 3.13. The molecule has 0 bridgehead atoms. The lowest BCUT2D eigenvalue weighted by Crippen LogP contribution is -2.48. The van der Waals surface area contributed by atoms with Crippen LogP contribution in [0, 0.1) is 11.7 Å². The van der Waals surface area contributed by atoms with Crippen LogP contribution in [-0.4, -0.2) is 55.9 Å². The standard InChI is InChI=1S/C18H26FN5O2.HI/c1-21-18(24-10-4-5-13(12-24)11-16(20)25)23-9-8-22-17(26)14-6-2-3-7-15(14)19;/h2-3,6-7,13H,4-5,8-12H2,1H3,(H2,20,25)(H,21,23)(H,22,26);1H. The van der Waals surface area contributed by atoms with Gasteiger partial charge in [-0.25, -0.2) is 4.39 Å². The zero-order chi connectivity index (χ0) is 18.9. The highest BCUT2D eigenvalue weighted by molar-refractivity contribution is 14.0. The van der Waals surface area contributed by atoms with Crippen molar-refractivity contribution in [3.05, 3.63) is 35.6 Å². The Kier molecular flexibility index (Phi) is 10.0. The maximum atomic E-state index is 13.6. The fourth-order valence-corrected chi connectivity index (χ4v) is 3.13. The van der Waals surface area contributed by atoms with E-state index in [2.05, 4.69) is 20.5 Å². The Morgan fingerprint density at radius 2 is 2.00 bits per heavy atom. The average molecular weight is 491 g/mol. The number of nitrogens with two attached hydrogens (primary N) is 1. The smallest absolute Gasteiger partial charge is 0.254 e. The van der Waals surface area contributed by atoms with Gasteiger partial charge in [0.1, 0.15) is 5.82 Å². The highest BCUT2D eigenvalue weighted by Gasteiger charge is 2.23. The van der Waals surface area contributed by atoms with Crippen molar-refractivity contribution in [2.24, 2.45) is 16.6 Å². The number of likely N-dealkylation sites (tertiary alicyclic amines) is 1. The summed E-state index contributed by atoms with van der Waals surface area (Å²) in [7, 11) is 1.69. The number of carbonyl (C=O) groups is 2. The summed E-state index contributed by atoms with van der Waals surface area (Å²) >= 11 is 0. The summed E-state index contributed by atoms with van der Waals surface area (Å²) in [6.07, 6.45) is 2.34. The molecular weight excluding hydrogens is 464 g/mol. The predicted molar refractivity (Wildman–Crippen MR) is 114 cm³/mol. The Morgan fingerprint density at radius 1 is 1.30 bits per heavy atom. The third-order valence-electron chi connectivity index (χ3n) is 4.33. The van der Waals surface area contributed by atoms with Gasteiger partial charge in [-0.2, -0.15) is 0 Å². The third-order valence-corrected chi connectivity index (χ3v) is 4.33. The molecule has 1 aliphatic heterocycles. The van der Waals surface area contributed by atoms with Crippen LogP contribution in [-0.2, 0) is 4.79 Å². The summed E-state index contributed by atoms with van der Waals surface area (Å²) < 4.78 is 13.6. The molecule has 1 unspecified atom stereocenters. The number of rotatable bonds is 6. The van der Waals surface area contributed by atoms with Crippen LogP contribution in [0.3, 0.4) is 0 Å². The number of aliphatic imine (C=N–C) groups is 1. The van der Waals surface area contributed by atoms with Gasteiger partial charge in [0.2, 0.25) is 5.91 Å². The van der Waals surface area contributed by atoms with E-state index in [0.717, 1.165) is 31.9 Å². The Morgan fingerprint density at radius 3 is 2.67 bits per heavy atom. The van der Waals surface area contributed by atoms with E-state index < -0.39 is 11.7 Å². The number of nitrogens with one attached hydrogen (secondary N) is 2. The molecule has 1 aliphatic rings. The normalized spacial score (nSPS) is 17.0. The first-order valence-corrected chi connectivity index (χ1v) is 8.78. The van der Waals surface area contributed by atoms with E-state index in [1.165, 1.54) is 12.1 Å². The SMILES string of the molecule is CN=C(NCCNC(=O)c1ccccc1F)N1CCCC(CC(N)=O)C1.I. The molecule has 27 heavy (non-hydrogen) atoms. The van der Waals surface area contributed by atoms with Gasteiger partial charge in [0, 0.05) is 39.6 Å². The largest absolute Gasteiger partial charge is 0.370 e. The number of hydrogen-bond donors (Lipinski definition) is 3. The van der Waals surface area contributed by atoms with Gasteiger partial charge in [0.25, 0.3) is 5.91 Å². The zero-order valence-electron chi connectivity index (χ0n) is 15.4. The van der Waals surface area contributed by atoms with Crippen LogP contribution in [0.25, 0.3) is 0 Å². The number of primary amides is 1. The molecule has 7 nitrogen and oxygen atoms in total. The molecule has 150 valence electrons. The molecule has 1 saturated heterocycles. The monoisotopic (exact) mass is 491 g/mol. The summed E-state index contributed by atoms with van der Waals surface area (Å²) in [5.41, 5.74) is 5.32. The van der Waals surface area contributed by atoms with Crippen molar-refractivity contribution in [3.8, 4) is 0 Å². The van der Waals surface area contributed by atoms with Crippen molar-refractivity contribution in [1.29, 1.82) is 0 Å². The van der Waals surface area contributed by atoms with Crippen LogP contribution >= 0.6 is 24.0 Å². The Balaban J connectivity index is 0.00000364. The molecule has 0 aliphatic carbocycles. The Hall–Kier alpha value is -1.91. The molecule has 1 aromatic carbocycles. The number of piperidine rings is 1. The third kappa shape index (κ3) is 7.31. The number of hydrogen-bond acceptors (Lipinski definition) is 3. The van der Waals surface area contributed by atoms with Gasteiger partial charge in [0.15, 0.2) is 5.96 Å². The van der Waals surface area contributed by atoms with Gasteiger partial charge in [-0.15, -0.1) is 24.0 Å². The number of carbonyl (C=O) groups excluding carboxylic acids is 2. The summed E-state index contributed by atoms with van der Waals surface area (Å²) in [6, 6.07) is 5.87. The van der Waals surface area contributed by atoms with E-state index in [-0.39, 0.29) is 41.4 Å². The lowest BCUT2D eigenvalue weighted by atomic mass is 9.95. The molecule has 1 atom stereocenters. The van der Waals surface area contributed by atoms with E-state index >= 15 is 0 Å². The molecular formula is C18H27FIN5O2. The van der Waals surface area contributed by atoms with Gasteiger partial charge in [-0.05, 0) is 30.9 Å². The lowest BCUT2D eigenvalue weighted by Gasteiger charge is -2.34. The number of guanidine groups is 1. The van der Waals surface area contributed by atoms with E-state index in [1.54, 1.807) is 19.2 Å². The molecule has 0 spiro atoms. The molecule has 2 rings (SSSR count). The number of halogens is 2. The van der Waals surface area contributed by atoms with Gasteiger partial charge < -0.3 is 21.3 Å².